The van der Waals surface area contributed by atoms with Crippen LogP contribution in [-0.2, 0) is 16.4 Å². The minimum absolute atomic E-state index is 0.184. The van der Waals surface area contributed by atoms with E-state index in [1.807, 2.05) is 12.1 Å². The summed E-state index contributed by atoms with van der Waals surface area (Å²) in [4.78, 5) is 0. The lowest BCUT2D eigenvalue weighted by atomic mass is 10.1. The molecule has 0 bridgehead atoms. The molecule has 0 radical (unpaired) electrons. The molecular weight excluding hydrogens is 224 g/mol. The fourth-order valence-corrected chi connectivity index (χ4v) is 2.92. The van der Waals surface area contributed by atoms with E-state index in [0.717, 1.165) is 24.8 Å². The van der Waals surface area contributed by atoms with Crippen LogP contribution in [0.1, 0.15) is 18.4 Å². The lowest BCUT2D eigenvalue weighted by Crippen LogP contribution is -2.17. The standard InChI is InChI=1S/C11H16N2O2S/c12-8-7-9-1-3-10(4-2-9)13-16(14,15)11-5-6-11/h1-4,11,13H,5-8,12H2. The molecule has 0 unspecified atom stereocenters. The van der Waals surface area contributed by atoms with Crippen molar-refractivity contribution in [3.8, 4) is 0 Å². The highest BCUT2D eigenvalue weighted by Gasteiger charge is 2.35. The summed E-state index contributed by atoms with van der Waals surface area (Å²) in [5.41, 5.74) is 7.19. The highest BCUT2D eigenvalue weighted by molar-refractivity contribution is 7.93. The third kappa shape index (κ3) is 2.74. The topological polar surface area (TPSA) is 72.2 Å². The van der Waals surface area contributed by atoms with Gasteiger partial charge in [0.05, 0.1) is 5.25 Å². The molecule has 1 aliphatic carbocycles. The zero-order chi connectivity index (χ0) is 11.6. The second-order valence-corrected chi connectivity index (χ2v) is 6.04. The van der Waals surface area contributed by atoms with Gasteiger partial charge in [0.1, 0.15) is 0 Å². The zero-order valence-electron chi connectivity index (χ0n) is 9.02. The van der Waals surface area contributed by atoms with E-state index < -0.39 is 10.0 Å². The van der Waals surface area contributed by atoms with Crippen molar-refractivity contribution in [2.24, 2.45) is 5.73 Å². The first-order valence-corrected chi connectivity index (χ1v) is 6.97. The third-order valence-corrected chi connectivity index (χ3v) is 4.48. The maximum atomic E-state index is 11.6. The lowest BCUT2D eigenvalue weighted by molar-refractivity contribution is 0.600. The van der Waals surface area contributed by atoms with Crippen molar-refractivity contribution >= 4 is 15.7 Å². The molecule has 1 saturated carbocycles. The van der Waals surface area contributed by atoms with Gasteiger partial charge in [-0.05, 0) is 43.5 Å². The molecule has 0 heterocycles. The molecular formula is C11H16N2O2S. The molecule has 0 aromatic heterocycles. The van der Waals surface area contributed by atoms with Gasteiger partial charge in [0.15, 0.2) is 0 Å². The van der Waals surface area contributed by atoms with Gasteiger partial charge < -0.3 is 5.73 Å². The van der Waals surface area contributed by atoms with Crippen LogP contribution in [0.2, 0.25) is 0 Å². The van der Waals surface area contributed by atoms with Crippen LogP contribution in [0.5, 0.6) is 0 Å². The van der Waals surface area contributed by atoms with Crippen LogP contribution in [0.25, 0.3) is 0 Å². The average Bonchev–Trinajstić information content (AvgIpc) is 3.04. The van der Waals surface area contributed by atoms with Gasteiger partial charge in [-0.2, -0.15) is 0 Å². The molecule has 2 rings (SSSR count). The molecule has 3 N–H and O–H groups in total. The molecule has 1 aromatic rings. The normalized spacial score (nSPS) is 16.1. The molecule has 1 aromatic carbocycles. The van der Waals surface area contributed by atoms with Gasteiger partial charge in [-0.3, -0.25) is 4.72 Å². The Morgan fingerprint density at radius 2 is 1.88 bits per heavy atom. The molecule has 0 aliphatic heterocycles. The van der Waals surface area contributed by atoms with Gasteiger partial charge >= 0.3 is 0 Å². The van der Waals surface area contributed by atoms with Crippen molar-refractivity contribution in [1.82, 2.24) is 0 Å². The second kappa shape index (κ2) is 4.43. The van der Waals surface area contributed by atoms with Crippen molar-refractivity contribution < 1.29 is 8.42 Å². The molecule has 16 heavy (non-hydrogen) atoms. The van der Waals surface area contributed by atoms with Crippen molar-refractivity contribution in [3.63, 3.8) is 0 Å². The highest BCUT2D eigenvalue weighted by atomic mass is 32.2. The predicted octanol–water partition coefficient (Wildman–Crippen LogP) is 1.09. The monoisotopic (exact) mass is 240 g/mol. The summed E-state index contributed by atoms with van der Waals surface area (Å²) < 4.78 is 25.9. The summed E-state index contributed by atoms with van der Waals surface area (Å²) in [6, 6.07) is 7.37. The van der Waals surface area contributed by atoms with Crippen LogP contribution >= 0.6 is 0 Å². The first-order chi connectivity index (χ1) is 7.62. The summed E-state index contributed by atoms with van der Waals surface area (Å²) in [7, 11) is -3.14. The molecule has 4 nitrogen and oxygen atoms in total. The number of hydrogen-bond acceptors (Lipinski definition) is 3. The van der Waals surface area contributed by atoms with Gasteiger partial charge in [-0.1, -0.05) is 12.1 Å². The number of rotatable bonds is 5. The Kier molecular flexibility index (Phi) is 3.16. The fourth-order valence-electron chi connectivity index (χ4n) is 1.53. The Labute approximate surface area is 95.9 Å². The molecule has 0 spiro atoms. The molecule has 1 fully saturated rings. The lowest BCUT2D eigenvalue weighted by Gasteiger charge is -2.07. The van der Waals surface area contributed by atoms with E-state index in [0.29, 0.717) is 12.2 Å². The SMILES string of the molecule is NCCc1ccc(NS(=O)(=O)C2CC2)cc1. The Morgan fingerprint density at radius 1 is 1.25 bits per heavy atom. The molecule has 88 valence electrons. The quantitative estimate of drug-likeness (QED) is 0.809. The van der Waals surface area contributed by atoms with E-state index >= 15 is 0 Å². The van der Waals surface area contributed by atoms with E-state index in [2.05, 4.69) is 4.72 Å². The molecule has 0 saturated heterocycles. The minimum Gasteiger partial charge on any atom is -0.330 e. The number of nitrogens with two attached hydrogens (primary N) is 1. The van der Waals surface area contributed by atoms with Gasteiger partial charge in [-0.15, -0.1) is 0 Å². The van der Waals surface area contributed by atoms with Crippen molar-refractivity contribution in [3.05, 3.63) is 29.8 Å². The zero-order valence-corrected chi connectivity index (χ0v) is 9.83. The predicted molar refractivity (Wildman–Crippen MR) is 64.8 cm³/mol. The molecule has 0 amide bonds. The number of hydrogen-bond donors (Lipinski definition) is 2. The summed E-state index contributed by atoms with van der Waals surface area (Å²) in [5, 5.41) is -0.184. The smallest absolute Gasteiger partial charge is 0.235 e. The fraction of sp³-hybridized carbons (Fsp3) is 0.455. The first kappa shape index (κ1) is 11.4. The number of benzene rings is 1. The van der Waals surface area contributed by atoms with Crippen molar-refractivity contribution in [2.75, 3.05) is 11.3 Å². The van der Waals surface area contributed by atoms with Crippen LogP contribution in [-0.4, -0.2) is 20.2 Å². The summed E-state index contributed by atoms with van der Waals surface area (Å²) in [6.45, 7) is 0.604. The Hall–Kier alpha value is -1.07. The number of anilines is 1. The Balaban J connectivity index is 2.04. The largest absolute Gasteiger partial charge is 0.330 e. The van der Waals surface area contributed by atoms with Crippen LogP contribution in [0.3, 0.4) is 0 Å². The Morgan fingerprint density at radius 3 is 2.38 bits per heavy atom. The second-order valence-electron chi connectivity index (χ2n) is 4.08. The van der Waals surface area contributed by atoms with Crippen LogP contribution in [0.4, 0.5) is 5.69 Å². The third-order valence-electron chi connectivity index (χ3n) is 2.61. The maximum Gasteiger partial charge on any atom is 0.235 e. The van der Waals surface area contributed by atoms with E-state index in [4.69, 9.17) is 5.73 Å². The number of sulfonamides is 1. The van der Waals surface area contributed by atoms with Gasteiger partial charge in [-0.25, -0.2) is 8.42 Å². The van der Waals surface area contributed by atoms with Crippen LogP contribution < -0.4 is 10.5 Å². The van der Waals surface area contributed by atoms with E-state index in [9.17, 15) is 8.42 Å². The minimum atomic E-state index is -3.14. The van der Waals surface area contributed by atoms with Gasteiger partial charge in [0, 0.05) is 5.69 Å². The molecule has 1 aliphatic rings. The molecule has 5 heteroatoms. The average molecular weight is 240 g/mol. The van der Waals surface area contributed by atoms with E-state index in [-0.39, 0.29) is 5.25 Å². The van der Waals surface area contributed by atoms with Crippen molar-refractivity contribution in [2.45, 2.75) is 24.5 Å². The van der Waals surface area contributed by atoms with Gasteiger partial charge in [0.25, 0.3) is 0 Å². The van der Waals surface area contributed by atoms with E-state index in [1.54, 1.807) is 12.1 Å². The Bertz CT molecular complexity index is 449. The highest BCUT2D eigenvalue weighted by Crippen LogP contribution is 2.29. The maximum absolute atomic E-state index is 11.6. The summed E-state index contributed by atoms with van der Waals surface area (Å²) in [6.07, 6.45) is 2.37. The van der Waals surface area contributed by atoms with Crippen LogP contribution in [0.15, 0.2) is 24.3 Å². The molecule has 0 atom stereocenters. The van der Waals surface area contributed by atoms with Crippen LogP contribution in [0, 0.1) is 0 Å². The summed E-state index contributed by atoms with van der Waals surface area (Å²) in [5.74, 6) is 0. The van der Waals surface area contributed by atoms with Crippen molar-refractivity contribution in [1.29, 1.82) is 0 Å². The number of nitrogens with one attached hydrogen (secondary N) is 1. The first-order valence-electron chi connectivity index (χ1n) is 5.42. The summed E-state index contributed by atoms with van der Waals surface area (Å²) >= 11 is 0. The van der Waals surface area contributed by atoms with E-state index in [1.165, 1.54) is 0 Å². The van der Waals surface area contributed by atoms with Gasteiger partial charge in [0.2, 0.25) is 10.0 Å².